The fourth-order valence-electron chi connectivity index (χ4n) is 2.37. The van der Waals surface area contributed by atoms with Crippen LogP contribution in [0, 0.1) is 0 Å². The molecule has 0 saturated carbocycles. The maximum atomic E-state index is 6.12. The van der Waals surface area contributed by atoms with Crippen LogP contribution in [0.4, 0.5) is 11.8 Å². The van der Waals surface area contributed by atoms with Gasteiger partial charge in [0.1, 0.15) is 5.82 Å². The minimum Gasteiger partial charge on any atom is -0.383 e. The summed E-state index contributed by atoms with van der Waals surface area (Å²) >= 11 is 12.1. The monoisotopic (exact) mass is 383 g/mol. The number of nitrogen functional groups attached to an aromatic ring is 2. The maximum absolute atomic E-state index is 6.12. The molecule has 0 spiro atoms. The number of allylic oxidation sites excluding steroid dienone is 2. The number of benzene rings is 1. The largest absolute Gasteiger partial charge is 0.383 e. The summed E-state index contributed by atoms with van der Waals surface area (Å²) in [6.45, 7) is 0. The van der Waals surface area contributed by atoms with Gasteiger partial charge in [-0.1, -0.05) is 53.6 Å². The van der Waals surface area contributed by atoms with Gasteiger partial charge in [-0.3, -0.25) is 4.98 Å². The standard InChI is InChI=1S/C19H15Cl2N5/c20-14-8-7-13(10-15(14)21)17-16(25-19(23)26-18(17)22)6-2-1-4-12-5-3-9-24-11-12/h1-11H,(H4,22,23,25,26). The van der Waals surface area contributed by atoms with E-state index in [1.54, 1.807) is 30.6 Å². The van der Waals surface area contributed by atoms with Crippen molar-refractivity contribution in [2.24, 2.45) is 0 Å². The van der Waals surface area contributed by atoms with Gasteiger partial charge < -0.3 is 11.5 Å². The maximum Gasteiger partial charge on any atom is 0.222 e. The van der Waals surface area contributed by atoms with Crippen LogP contribution in [0.15, 0.2) is 54.9 Å². The van der Waals surface area contributed by atoms with Gasteiger partial charge in [-0.05, 0) is 35.4 Å². The second-order valence-corrected chi connectivity index (χ2v) is 6.18. The number of nitrogens with zero attached hydrogens (tertiary/aromatic N) is 3. The first-order chi connectivity index (χ1) is 12.5. The molecule has 2 aromatic heterocycles. The first kappa shape index (κ1) is 17.9. The third kappa shape index (κ3) is 4.20. The highest BCUT2D eigenvalue weighted by molar-refractivity contribution is 6.42. The molecule has 3 rings (SSSR count). The van der Waals surface area contributed by atoms with Crippen molar-refractivity contribution in [1.29, 1.82) is 0 Å². The van der Waals surface area contributed by atoms with Crippen LogP contribution in [0.1, 0.15) is 11.3 Å². The van der Waals surface area contributed by atoms with Crippen molar-refractivity contribution in [3.8, 4) is 11.1 Å². The lowest BCUT2D eigenvalue weighted by Crippen LogP contribution is -2.04. The molecule has 0 aliphatic carbocycles. The molecular formula is C19H15Cl2N5. The zero-order chi connectivity index (χ0) is 18.5. The quantitative estimate of drug-likeness (QED) is 0.635. The van der Waals surface area contributed by atoms with E-state index in [2.05, 4.69) is 15.0 Å². The highest BCUT2D eigenvalue weighted by Crippen LogP contribution is 2.33. The van der Waals surface area contributed by atoms with E-state index in [0.29, 0.717) is 21.3 Å². The van der Waals surface area contributed by atoms with Gasteiger partial charge in [0.15, 0.2) is 0 Å². The molecule has 26 heavy (non-hydrogen) atoms. The van der Waals surface area contributed by atoms with E-state index in [0.717, 1.165) is 11.1 Å². The van der Waals surface area contributed by atoms with E-state index in [9.17, 15) is 0 Å². The van der Waals surface area contributed by atoms with Gasteiger partial charge >= 0.3 is 0 Å². The predicted molar refractivity (Wildman–Crippen MR) is 109 cm³/mol. The molecule has 3 aromatic rings. The third-order valence-corrected chi connectivity index (χ3v) is 4.27. The van der Waals surface area contributed by atoms with E-state index in [1.165, 1.54) is 0 Å². The summed E-state index contributed by atoms with van der Waals surface area (Å²) < 4.78 is 0. The Labute approximate surface area is 161 Å². The molecule has 0 unspecified atom stereocenters. The summed E-state index contributed by atoms with van der Waals surface area (Å²) in [5.74, 6) is 0.369. The highest BCUT2D eigenvalue weighted by atomic mass is 35.5. The molecule has 5 nitrogen and oxygen atoms in total. The van der Waals surface area contributed by atoms with Gasteiger partial charge in [-0.25, -0.2) is 4.98 Å². The number of hydrogen-bond acceptors (Lipinski definition) is 5. The topological polar surface area (TPSA) is 90.7 Å². The number of rotatable bonds is 4. The van der Waals surface area contributed by atoms with Crippen LogP contribution in [0.5, 0.6) is 0 Å². The molecule has 7 heteroatoms. The first-order valence-corrected chi connectivity index (χ1v) is 8.43. The summed E-state index contributed by atoms with van der Waals surface area (Å²) in [6.07, 6.45) is 10.9. The summed E-state index contributed by atoms with van der Waals surface area (Å²) in [6, 6.07) is 9.06. The van der Waals surface area contributed by atoms with Crippen LogP contribution >= 0.6 is 23.2 Å². The second-order valence-electron chi connectivity index (χ2n) is 5.36. The fourth-order valence-corrected chi connectivity index (χ4v) is 2.67. The number of halogens is 2. The van der Waals surface area contributed by atoms with Crippen molar-refractivity contribution in [3.63, 3.8) is 0 Å². The minimum absolute atomic E-state index is 0.0993. The number of hydrogen-bond donors (Lipinski definition) is 2. The number of nitrogens with two attached hydrogens (primary N) is 2. The van der Waals surface area contributed by atoms with E-state index in [-0.39, 0.29) is 11.8 Å². The van der Waals surface area contributed by atoms with Crippen molar-refractivity contribution in [2.75, 3.05) is 11.5 Å². The summed E-state index contributed by atoms with van der Waals surface area (Å²) in [5.41, 5.74) is 14.8. The van der Waals surface area contributed by atoms with Crippen molar-refractivity contribution >= 4 is 47.1 Å². The molecule has 0 fully saturated rings. The van der Waals surface area contributed by atoms with Crippen molar-refractivity contribution in [2.45, 2.75) is 0 Å². The SMILES string of the molecule is Nc1nc(N)c(-c2ccc(Cl)c(Cl)c2)c(C=CC=Cc2cccnc2)n1. The number of pyridine rings is 1. The second kappa shape index (κ2) is 7.99. The molecule has 0 saturated heterocycles. The molecule has 0 amide bonds. The summed E-state index contributed by atoms with van der Waals surface area (Å²) in [4.78, 5) is 12.4. The number of aromatic nitrogens is 3. The molecule has 0 aliphatic heterocycles. The van der Waals surface area contributed by atoms with Crippen LogP contribution in [-0.4, -0.2) is 15.0 Å². The summed E-state index contributed by atoms with van der Waals surface area (Å²) in [5, 5.41) is 0.883. The van der Waals surface area contributed by atoms with Gasteiger partial charge in [0.25, 0.3) is 0 Å². The minimum atomic E-state index is 0.0993. The lowest BCUT2D eigenvalue weighted by atomic mass is 10.0. The van der Waals surface area contributed by atoms with E-state index in [1.807, 2.05) is 36.4 Å². The van der Waals surface area contributed by atoms with Crippen molar-refractivity contribution in [3.05, 3.63) is 76.2 Å². The average Bonchev–Trinajstić information content (AvgIpc) is 2.62. The third-order valence-electron chi connectivity index (χ3n) is 3.53. The Morgan fingerprint density at radius 2 is 1.73 bits per heavy atom. The normalized spacial score (nSPS) is 11.5. The first-order valence-electron chi connectivity index (χ1n) is 7.68. The van der Waals surface area contributed by atoms with Crippen LogP contribution in [0.2, 0.25) is 10.0 Å². The van der Waals surface area contributed by atoms with Gasteiger partial charge in [0.05, 0.1) is 15.7 Å². The van der Waals surface area contributed by atoms with Crippen LogP contribution in [-0.2, 0) is 0 Å². The Balaban J connectivity index is 1.97. The fraction of sp³-hybridized carbons (Fsp3) is 0. The molecule has 4 N–H and O–H groups in total. The molecule has 130 valence electrons. The molecule has 2 heterocycles. The van der Waals surface area contributed by atoms with Crippen LogP contribution in [0.3, 0.4) is 0 Å². The van der Waals surface area contributed by atoms with Gasteiger partial charge in [-0.2, -0.15) is 4.98 Å². The molecule has 0 atom stereocenters. The van der Waals surface area contributed by atoms with E-state index >= 15 is 0 Å². The lowest BCUT2D eigenvalue weighted by Gasteiger charge is -2.10. The Morgan fingerprint density at radius 1 is 0.923 bits per heavy atom. The Hall–Kier alpha value is -2.89. The molecular weight excluding hydrogens is 369 g/mol. The average molecular weight is 384 g/mol. The molecule has 0 radical (unpaired) electrons. The Morgan fingerprint density at radius 3 is 2.46 bits per heavy atom. The van der Waals surface area contributed by atoms with E-state index < -0.39 is 0 Å². The van der Waals surface area contributed by atoms with Crippen LogP contribution < -0.4 is 11.5 Å². The zero-order valence-electron chi connectivity index (χ0n) is 13.6. The Kier molecular flexibility index (Phi) is 5.51. The highest BCUT2D eigenvalue weighted by Gasteiger charge is 2.13. The van der Waals surface area contributed by atoms with Crippen molar-refractivity contribution in [1.82, 2.24) is 15.0 Å². The van der Waals surface area contributed by atoms with Gasteiger partial charge in [0.2, 0.25) is 5.95 Å². The predicted octanol–water partition coefficient (Wildman–Crippen LogP) is 4.74. The molecule has 0 bridgehead atoms. The molecule has 0 aliphatic rings. The molecule has 1 aromatic carbocycles. The van der Waals surface area contributed by atoms with Gasteiger partial charge in [0, 0.05) is 18.0 Å². The van der Waals surface area contributed by atoms with Gasteiger partial charge in [-0.15, -0.1) is 0 Å². The Bertz CT molecular complexity index is 985. The zero-order valence-corrected chi connectivity index (χ0v) is 15.1. The van der Waals surface area contributed by atoms with Crippen molar-refractivity contribution < 1.29 is 0 Å². The summed E-state index contributed by atoms with van der Waals surface area (Å²) in [7, 11) is 0. The van der Waals surface area contributed by atoms with Crippen LogP contribution in [0.25, 0.3) is 23.3 Å². The van der Waals surface area contributed by atoms with E-state index in [4.69, 9.17) is 34.7 Å². The number of anilines is 2. The lowest BCUT2D eigenvalue weighted by molar-refractivity contribution is 1.18. The smallest absolute Gasteiger partial charge is 0.222 e.